The second kappa shape index (κ2) is 8.92. The third-order valence-corrected chi connectivity index (χ3v) is 5.72. The van der Waals surface area contributed by atoms with Crippen molar-refractivity contribution in [3.8, 4) is 17.6 Å². The first-order valence-corrected chi connectivity index (χ1v) is 10.1. The minimum Gasteiger partial charge on any atom is -0.487 e. The van der Waals surface area contributed by atoms with Crippen LogP contribution in [0.3, 0.4) is 0 Å². The fourth-order valence-electron chi connectivity index (χ4n) is 3.25. The second-order valence-electron chi connectivity index (χ2n) is 8.37. The van der Waals surface area contributed by atoms with Crippen LogP contribution in [0.2, 0.25) is 0 Å². The molecule has 0 bridgehead atoms. The topological polar surface area (TPSA) is 79.2 Å². The predicted molar refractivity (Wildman–Crippen MR) is 109 cm³/mol. The van der Waals surface area contributed by atoms with Crippen LogP contribution in [0.15, 0.2) is 12.1 Å². The molecule has 1 aromatic carbocycles. The lowest BCUT2D eigenvalue weighted by Gasteiger charge is -2.32. The molecule has 2 saturated heterocycles. The van der Waals surface area contributed by atoms with Crippen LogP contribution in [0.1, 0.15) is 46.1 Å². The molecule has 2 aliphatic rings. The number of hydrogen-bond donors (Lipinski definition) is 0. The SMILES string of the molecule is COCCOc1cc(B2OC(C)(C)C(C)(C)O2)cc(C#N)c1OC1CCOCC1. The first kappa shape index (κ1) is 21.9. The summed E-state index contributed by atoms with van der Waals surface area (Å²) in [6, 6.07) is 5.85. The molecule has 0 aromatic heterocycles. The van der Waals surface area contributed by atoms with Crippen LogP contribution in [0, 0.1) is 11.3 Å². The molecule has 1 aromatic rings. The Morgan fingerprint density at radius 1 is 1.10 bits per heavy atom. The molecule has 0 unspecified atom stereocenters. The van der Waals surface area contributed by atoms with Gasteiger partial charge in [-0.15, -0.1) is 0 Å². The Morgan fingerprint density at radius 2 is 1.76 bits per heavy atom. The molecule has 2 heterocycles. The van der Waals surface area contributed by atoms with E-state index in [2.05, 4.69) is 6.07 Å². The van der Waals surface area contributed by atoms with Gasteiger partial charge in [0, 0.05) is 20.0 Å². The van der Waals surface area contributed by atoms with Crippen LogP contribution >= 0.6 is 0 Å². The summed E-state index contributed by atoms with van der Waals surface area (Å²) in [4.78, 5) is 0. The molecule has 2 aliphatic heterocycles. The van der Waals surface area contributed by atoms with Gasteiger partial charge >= 0.3 is 7.12 Å². The van der Waals surface area contributed by atoms with E-state index in [-0.39, 0.29) is 6.10 Å². The Labute approximate surface area is 173 Å². The first-order chi connectivity index (χ1) is 13.8. The third kappa shape index (κ3) is 4.86. The van der Waals surface area contributed by atoms with E-state index < -0.39 is 18.3 Å². The number of nitriles is 1. The molecular formula is C21H30BNO6. The summed E-state index contributed by atoms with van der Waals surface area (Å²) < 4.78 is 34.9. The quantitative estimate of drug-likeness (QED) is 0.511. The van der Waals surface area contributed by atoms with E-state index in [4.69, 9.17) is 28.3 Å². The fourth-order valence-corrected chi connectivity index (χ4v) is 3.25. The molecule has 2 fully saturated rings. The van der Waals surface area contributed by atoms with Crippen LogP contribution in [0.5, 0.6) is 11.5 Å². The molecule has 0 radical (unpaired) electrons. The number of rotatable bonds is 7. The molecule has 0 aliphatic carbocycles. The maximum Gasteiger partial charge on any atom is 0.495 e. The Hall–Kier alpha value is -1.79. The summed E-state index contributed by atoms with van der Waals surface area (Å²) in [5.74, 6) is 0.952. The maximum absolute atomic E-state index is 9.80. The summed E-state index contributed by atoms with van der Waals surface area (Å²) in [6.45, 7) is 10.1. The molecular weight excluding hydrogens is 373 g/mol. The molecule has 0 N–H and O–H groups in total. The number of hydrogen-bond acceptors (Lipinski definition) is 7. The van der Waals surface area contributed by atoms with Gasteiger partial charge < -0.3 is 28.3 Å². The van der Waals surface area contributed by atoms with Crippen LogP contribution in [0.25, 0.3) is 0 Å². The van der Waals surface area contributed by atoms with Gasteiger partial charge in [0.1, 0.15) is 18.8 Å². The van der Waals surface area contributed by atoms with Gasteiger partial charge in [0.2, 0.25) is 0 Å². The highest BCUT2D eigenvalue weighted by molar-refractivity contribution is 6.62. The zero-order valence-corrected chi connectivity index (χ0v) is 17.9. The standard InChI is InChI=1S/C21H30BNO6/c1-20(2)21(3,4)29-22(28-20)16-12-15(14-23)19(18(13-16)26-11-10-24-5)27-17-6-8-25-9-7-17/h12-13,17H,6-11H2,1-5H3. The first-order valence-electron chi connectivity index (χ1n) is 10.1. The van der Waals surface area contributed by atoms with E-state index in [1.807, 2.05) is 33.8 Å². The molecule has 7 nitrogen and oxygen atoms in total. The van der Waals surface area contributed by atoms with Crippen molar-refractivity contribution < 1.29 is 28.3 Å². The van der Waals surface area contributed by atoms with Crippen molar-refractivity contribution >= 4 is 12.6 Å². The highest BCUT2D eigenvalue weighted by Crippen LogP contribution is 2.38. The van der Waals surface area contributed by atoms with Crippen molar-refractivity contribution in [3.05, 3.63) is 17.7 Å². The van der Waals surface area contributed by atoms with Crippen LogP contribution in [0.4, 0.5) is 0 Å². The zero-order chi connectivity index (χ0) is 21.1. The largest absolute Gasteiger partial charge is 0.495 e. The number of ether oxygens (including phenoxy) is 4. The summed E-state index contributed by atoms with van der Waals surface area (Å²) in [6.07, 6.45) is 1.55. The molecule has 0 spiro atoms. The molecule has 3 rings (SSSR count). The fraction of sp³-hybridized carbons (Fsp3) is 0.667. The Bertz CT molecular complexity index is 738. The third-order valence-electron chi connectivity index (χ3n) is 5.72. The zero-order valence-electron chi connectivity index (χ0n) is 17.9. The Kier molecular flexibility index (Phi) is 6.74. The van der Waals surface area contributed by atoms with Crippen LogP contribution in [-0.4, -0.2) is 58.0 Å². The highest BCUT2D eigenvalue weighted by Gasteiger charge is 2.52. The molecule has 29 heavy (non-hydrogen) atoms. The van der Waals surface area contributed by atoms with Crippen molar-refractivity contribution in [2.45, 2.75) is 57.8 Å². The van der Waals surface area contributed by atoms with E-state index in [0.29, 0.717) is 43.5 Å². The normalized spacial score (nSPS) is 21.0. The van der Waals surface area contributed by atoms with Crippen LogP contribution < -0.4 is 14.9 Å². The van der Waals surface area contributed by atoms with Gasteiger partial charge in [0.15, 0.2) is 11.5 Å². The molecule has 8 heteroatoms. The summed E-state index contributed by atoms with van der Waals surface area (Å²) in [5, 5.41) is 9.80. The van der Waals surface area contributed by atoms with E-state index in [0.717, 1.165) is 18.3 Å². The van der Waals surface area contributed by atoms with E-state index in [9.17, 15) is 5.26 Å². The lowest BCUT2D eigenvalue weighted by molar-refractivity contribution is 0.00578. The number of nitrogens with zero attached hydrogens (tertiary/aromatic N) is 1. The lowest BCUT2D eigenvalue weighted by Crippen LogP contribution is -2.41. The van der Waals surface area contributed by atoms with Crippen LogP contribution in [-0.2, 0) is 18.8 Å². The van der Waals surface area contributed by atoms with Gasteiger partial charge in [-0.2, -0.15) is 5.26 Å². The van der Waals surface area contributed by atoms with Crippen molar-refractivity contribution in [1.29, 1.82) is 5.26 Å². The summed E-state index contributed by atoms with van der Waals surface area (Å²) in [7, 11) is 1.03. The van der Waals surface area contributed by atoms with E-state index in [1.54, 1.807) is 13.2 Å². The monoisotopic (exact) mass is 403 g/mol. The number of methoxy groups -OCH3 is 1. The van der Waals surface area contributed by atoms with Gasteiger partial charge in [0.05, 0.1) is 36.6 Å². The highest BCUT2D eigenvalue weighted by atomic mass is 16.7. The van der Waals surface area contributed by atoms with E-state index in [1.165, 1.54) is 0 Å². The average Bonchev–Trinajstić information content (AvgIpc) is 2.91. The summed E-state index contributed by atoms with van der Waals surface area (Å²) >= 11 is 0. The van der Waals surface area contributed by atoms with E-state index >= 15 is 0 Å². The minimum absolute atomic E-state index is 0.0108. The maximum atomic E-state index is 9.80. The van der Waals surface area contributed by atoms with Gasteiger partial charge in [-0.1, -0.05) is 0 Å². The Balaban J connectivity index is 1.92. The van der Waals surface area contributed by atoms with Crippen molar-refractivity contribution in [1.82, 2.24) is 0 Å². The predicted octanol–water partition coefficient (Wildman–Crippen LogP) is 2.44. The minimum atomic E-state index is -0.589. The molecule has 0 saturated carbocycles. The van der Waals surface area contributed by atoms with Gasteiger partial charge in [-0.3, -0.25) is 0 Å². The van der Waals surface area contributed by atoms with Gasteiger partial charge in [-0.05, 0) is 45.3 Å². The Morgan fingerprint density at radius 3 is 2.34 bits per heavy atom. The molecule has 0 atom stereocenters. The van der Waals surface area contributed by atoms with Crippen molar-refractivity contribution in [2.24, 2.45) is 0 Å². The van der Waals surface area contributed by atoms with Gasteiger partial charge in [-0.25, -0.2) is 0 Å². The second-order valence-corrected chi connectivity index (χ2v) is 8.37. The summed E-state index contributed by atoms with van der Waals surface area (Å²) in [5.41, 5.74) is 0.181. The van der Waals surface area contributed by atoms with Gasteiger partial charge in [0.25, 0.3) is 0 Å². The average molecular weight is 403 g/mol. The lowest BCUT2D eigenvalue weighted by atomic mass is 9.78. The van der Waals surface area contributed by atoms with Crippen molar-refractivity contribution in [3.63, 3.8) is 0 Å². The smallest absolute Gasteiger partial charge is 0.487 e. The number of benzene rings is 1. The van der Waals surface area contributed by atoms with Crippen molar-refractivity contribution in [2.75, 3.05) is 33.5 Å². The molecule has 158 valence electrons. The molecule has 0 amide bonds.